The number of amides is 1. The fraction of sp³-hybridized carbons (Fsp3) is 0.714. The zero-order valence-corrected chi connectivity index (χ0v) is 12.6. The maximum Gasteiger partial charge on any atom is 0.229 e. The topological polar surface area (TPSA) is 76.2 Å². The molecule has 2 rings (SSSR count). The van der Waals surface area contributed by atoms with E-state index in [0.717, 1.165) is 31.8 Å². The molecule has 0 saturated carbocycles. The van der Waals surface area contributed by atoms with Gasteiger partial charge in [0, 0.05) is 38.6 Å². The molecular formula is C14H25N5O. The Morgan fingerprint density at radius 1 is 1.50 bits per heavy atom. The molecule has 1 aliphatic heterocycles. The first-order valence-corrected chi connectivity index (χ1v) is 7.20. The normalized spacial score (nSPS) is 19.2. The molecule has 1 aromatic heterocycles. The fourth-order valence-corrected chi connectivity index (χ4v) is 2.60. The van der Waals surface area contributed by atoms with Gasteiger partial charge in [-0.1, -0.05) is 0 Å². The molecule has 20 heavy (non-hydrogen) atoms. The minimum absolute atomic E-state index is 0.0557. The molecule has 2 heterocycles. The molecule has 1 fully saturated rings. The highest BCUT2D eigenvalue weighted by atomic mass is 16.1. The molecule has 1 aromatic rings. The van der Waals surface area contributed by atoms with E-state index in [0.29, 0.717) is 6.04 Å². The van der Waals surface area contributed by atoms with E-state index >= 15 is 0 Å². The second-order valence-corrected chi connectivity index (χ2v) is 5.97. The Hall–Kier alpha value is -1.40. The number of aromatic nitrogens is 2. The van der Waals surface area contributed by atoms with Crippen LogP contribution in [0, 0.1) is 0 Å². The summed E-state index contributed by atoms with van der Waals surface area (Å²) in [6.07, 6.45) is 5.38. The van der Waals surface area contributed by atoms with Crippen LogP contribution in [0.2, 0.25) is 0 Å². The summed E-state index contributed by atoms with van der Waals surface area (Å²) in [5, 5.41) is 2.98. The highest BCUT2D eigenvalue weighted by molar-refractivity contribution is 5.78. The number of aryl methyl sites for hydroxylation is 1. The lowest BCUT2D eigenvalue weighted by Crippen LogP contribution is -2.62. The molecule has 1 amide bonds. The van der Waals surface area contributed by atoms with Crippen molar-refractivity contribution in [3.8, 4) is 0 Å². The van der Waals surface area contributed by atoms with Crippen LogP contribution in [0.1, 0.15) is 32.5 Å². The molecule has 3 N–H and O–H groups in total. The van der Waals surface area contributed by atoms with Crippen LogP contribution >= 0.6 is 0 Å². The summed E-state index contributed by atoms with van der Waals surface area (Å²) in [5.74, 6) is 0.700. The number of rotatable bonds is 4. The van der Waals surface area contributed by atoms with Crippen molar-refractivity contribution in [1.82, 2.24) is 19.8 Å². The van der Waals surface area contributed by atoms with Crippen LogP contribution < -0.4 is 11.1 Å². The van der Waals surface area contributed by atoms with Crippen molar-refractivity contribution in [2.75, 3.05) is 13.1 Å². The summed E-state index contributed by atoms with van der Waals surface area (Å²) in [6.45, 7) is 6.22. The lowest BCUT2D eigenvalue weighted by Gasteiger charge is -2.41. The number of carbonyl (C=O) groups excluding carboxylic acids is 1. The lowest BCUT2D eigenvalue weighted by molar-refractivity contribution is -0.123. The summed E-state index contributed by atoms with van der Waals surface area (Å²) in [6, 6.07) is 0.530. The van der Waals surface area contributed by atoms with E-state index in [4.69, 9.17) is 5.73 Å². The van der Waals surface area contributed by atoms with Crippen LogP contribution in [-0.2, 0) is 18.3 Å². The van der Waals surface area contributed by atoms with E-state index in [2.05, 4.69) is 29.0 Å². The fourth-order valence-electron chi connectivity index (χ4n) is 2.60. The van der Waals surface area contributed by atoms with Gasteiger partial charge in [-0.05, 0) is 26.7 Å². The largest absolute Gasteiger partial charge is 0.338 e. The van der Waals surface area contributed by atoms with Crippen molar-refractivity contribution < 1.29 is 4.79 Å². The predicted octanol–water partition coefficient (Wildman–Crippen LogP) is 0.238. The van der Waals surface area contributed by atoms with Gasteiger partial charge < -0.3 is 20.5 Å². The van der Waals surface area contributed by atoms with Gasteiger partial charge >= 0.3 is 0 Å². The highest BCUT2D eigenvalue weighted by Crippen LogP contribution is 2.18. The van der Waals surface area contributed by atoms with Crippen molar-refractivity contribution in [3.05, 3.63) is 18.2 Å². The third-order valence-electron chi connectivity index (χ3n) is 4.05. The Kier molecular flexibility index (Phi) is 4.45. The van der Waals surface area contributed by atoms with Gasteiger partial charge in [0.05, 0.1) is 12.1 Å². The number of piperidine rings is 1. The van der Waals surface area contributed by atoms with Crippen molar-refractivity contribution >= 4 is 5.91 Å². The van der Waals surface area contributed by atoms with Crippen LogP contribution in [0.25, 0.3) is 0 Å². The Balaban J connectivity index is 1.87. The molecule has 1 aliphatic rings. The number of likely N-dealkylation sites (tertiary alicyclic amines) is 1. The van der Waals surface area contributed by atoms with Crippen LogP contribution in [0.4, 0.5) is 0 Å². The zero-order valence-electron chi connectivity index (χ0n) is 12.6. The maximum atomic E-state index is 12.1. The molecule has 0 bridgehead atoms. The van der Waals surface area contributed by atoms with Crippen LogP contribution in [0.15, 0.2) is 12.4 Å². The SMILES string of the molecule is CC(C)N1CCC(N)(NC(=O)Cc2nccn2C)CC1. The number of imidazole rings is 1. The average molecular weight is 279 g/mol. The molecule has 112 valence electrons. The summed E-state index contributed by atoms with van der Waals surface area (Å²) in [5.41, 5.74) is 5.73. The molecule has 0 radical (unpaired) electrons. The standard InChI is InChI=1S/C14H25N5O/c1-11(2)19-7-4-14(15,5-8-19)17-13(20)10-12-16-6-9-18(12)3/h6,9,11H,4-5,7-8,10,15H2,1-3H3,(H,17,20). The number of hydrogen-bond acceptors (Lipinski definition) is 4. The molecule has 0 atom stereocenters. The van der Waals surface area contributed by atoms with E-state index < -0.39 is 5.66 Å². The number of nitrogens with two attached hydrogens (primary N) is 1. The van der Waals surface area contributed by atoms with Gasteiger partial charge in [-0.3, -0.25) is 4.79 Å². The number of carbonyl (C=O) groups is 1. The minimum atomic E-state index is -0.576. The third kappa shape index (κ3) is 3.58. The highest BCUT2D eigenvalue weighted by Gasteiger charge is 2.32. The first-order valence-electron chi connectivity index (χ1n) is 7.20. The number of hydrogen-bond donors (Lipinski definition) is 2. The van der Waals surface area contributed by atoms with Gasteiger partial charge in [0.25, 0.3) is 0 Å². The molecule has 0 aliphatic carbocycles. The van der Waals surface area contributed by atoms with Crippen LogP contribution in [0.5, 0.6) is 0 Å². The Labute approximate surface area is 120 Å². The van der Waals surface area contributed by atoms with Gasteiger partial charge in [-0.15, -0.1) is 0 Å². The van der Waals surface area contributed by atoms with Gasteiger partial charge in [-0.2, -0.15) is 0 Å². The maximum absolute atomic E-state index is 12.1. The van der Waals surface area contributed by atoms with Crippen molar-refractivity contribution in [2.45, 2.75) is 44.8 Å². The van der Waals surface area contributed by atoms with Crippen molar-refractivity contribution in [2.24, 2.45) is 12.8 Å². The summed E-state index contributed by atoms with van der Waals surface area (Å²) >= 11 is 0. The monoisotopic (exact) mass is 279 g/mol. The van der Waals surface area contributed by atoms with E-state index in [-0.39, 0.29) is 12.3 Å². The van der Waals surface area contributed by atoms with Gasteiger partial charge in [-0.25, -0.2) is 4.98 Å². The van der Waals surface area contributed by atoms with E-state index in [9.17, 15) is 4.79 Å². The molecule has 0 spiro atoms. The first kappa shape index (κ1) is 15.0. The minimum Gasteiger partial charge on any atom is -0.338 e. The predicted molar refractivity (Wildman–Crippen MR) is 77.9 cm³/mol. The second kappa shape index (κ2) is 5.93. The molecule has 6 heteroatoms. The Morgan fingerprint density at radius 3 is 2.65 bits per heavy atom. The van der Waals surface area contributed by atoms with Gasteiger partial charge in [0.15, 0.2) is 0 Å². The van der Waals surface area contributed by atoms with Crippen LogP contribution in [-0.4, -0.2) is 45.2 Å². The molecule has 0 aromatic carbocycles. The van der Waals surface area contributed by atoms with Gasteiger partial charge in [0.1, 0.15) is 5.82 Å². The Bertz CT molecular complexity index is 460. The zero-order chi connectivity index (χ0) is 14.8. The summed E-state index contributed by atoms with van der Waals surface area (Å²) < 4.78 is 1.85. The van der Waals surface area contributed by atoms with E-state index in [1.807, 2.05) is 17.8 Å². The summed E-state index contributed by atoms with van der Waals surface area (Å²) in [7, 11) is 1.88. The van der Waals surface area contributed by atoms with Gasteiger partial charge in [0.2, 0.25) is 5.91 Å². The average Bonchev–Trinajstić information content (AvgIpc) is 2.74. The number of nitrogens with one attached hydrogen (secondary N) is 1. The molecule has 0 unspecified atom stereocenters. The van der Waals surface area contributed by atoms with E-state index in [1.165, 1.54) is 0 Å². The number of nitrogens with zero attached hydrogens (tertiary/aromatic N) is 3. The third-order valence-corrected chi connectivity index (χ3v) is 4.05. The van der Waals surface area contributed by atoms with Crippen molar-refractivity contribution in [1.29, 1.82) is 0 Å². The van der Waals surface area contributed by atoms with Crippen molar-refractivity contribution in [3.63, 3.8) is 0 Å². The molecule has 1 saturated heterocycles. The van der Waals surface area contributed by atoms with E-state index in [1.54, 1.807) is 6.20 Å². The first-order chi connectivity index (χ1) is 9.39. The lowest BCUT2D eigenvalue weighted by atomic mass is 9.96. The van der Waals surface area contributed by atoms with Crippen LogP contribution in [0.3, 0.4) is 0 Å². The smallest absolute Gasteiger partial charge is 0.229 e. The Morgan fingerprint density at radius 2 is 2.15 bits per heavy atom. The quantitative estimate of drug-likeness (QED) is 0.774. The molecule has 6 nitrogen and oxygen atoms in total. The summed E-state index contributed by atoms with van der Waals surface area (Å²) in [4.78, 5) is 18.6. The second-order valence-electron chi connectivity index (χ2n) is 5.97. The molecular weight excluding hydrogens is 254 g/mol.